The fourth-order valence-corrected chi connectivity index (χ4v) is 2.35. The monoisotopic (exact) mass is 424 g/mol. The molecule has 3 rings (SSSR count). The van der Waals surface area contributed by atoms with Gasteiger partial charge in [-0.1, -0.05) is 0 Å². The summed E-state index contributed by atoms with van der Waals surface area (Å²) in [5.74, 6) is 0. The number of rotatable bonds is 1. The molecular formula is C14H9BrN4O5S. The molecule has 0 saturated carbocycles. The van der Waals surface area contributed by atoms with Crippen molar-refractivity contribution in [3.63, 3.8) is 0 Å². The molecule has 0 bridgehead atoms. The molecule has 0 fully saturated rings. The third-order valence-electron chi connectivity index (χ3n) is 2.98. The average Bonchev–Trinajstić information content (AvgIpc) is 2.54. The van der Waals surface area contributed by atoms with Crippen LogP contribution in [0.3, 0.4) is 0 Å². The van der Waals surface area contributed by atoms with Crippen LogP contribution in [0, 0.1) is 5.39 Å². The molecule has 9 nitrogen and oxygen atoms in total. The maximum Gasteiger partial charge on any atom is 0.385 e. The second kappa shape index (κ2) is 7.49. The van der Waals surface area contributed by atoms with Crippen LogP contribution in [0.25, 0.3) is 27.1 Å². The highest BCUT2D eigenvalue weighted by Gasteiger charge is 2.10. The zero-order chi connectivity index (χ0) is 18.6. The van der Waals surface area contributed by atoms with Gasteiger partial charge in [-0.2, -0.15) is 0 Å². The zero-order valence-corrected chi connectivity index (χ0v) is 14.7. The molecule has 0 aliphatic heterocycles. The summed E-state index contributed by atoms with van der Waals surface area (Å²) in [5.41, 5.74) is 2.65. The number of nitrogens with zero attached hydrogens (tertiary/aromatic N) is 3. The molecule has 3 aromatic rings. The van der Waals surface area contributed by atoms with Crippen LogP contribution in [0.2, 0.25) is 0 Å². The van der Waals surface area contributed by atoms with E-state index in [0.29, 0.717) is 10.2 Å². The van der Waals surface area contributed by atoms with Crippen molar-refractivity contribution >= 4 is 42.9 Å². The van der Waals surface area contributed by atoms with Gasteiger partial charge in [0.15, 0.2) is 4.98 Å². The van der Waals surface area contributed by atoms with Crippen molar-refractivity contribution in [1.82, 2.24) is 9.97 Å². The lowest BCUT2D eigenvalue weighted by molar-refractivity contribution is 0.366. The molecule has 1 aromatic carbocycles. The quantitative estimate of drug-likeness (QED) is 0.346. The van der Waals surface area contributed by atoms with Gasteiger partial charge in [-0.25, -0.2) is 8.42 Å². The lowest BCUT2D eigenvalue weighted by Gasteiger charge is -2.05. The molecular weight excluding hydrogens is 416 g/mol. The number of diazo groups is 1. The predicted molar refractivity (Wildman–Crippen MR) is 92.6 cm³/mol. The molecule has 0 aliphatic rings. The summed E-state index contributed by atoms with van der Waals surface area (Å²) in [6, 6.07) is 10.5. The van der Waals surface area contributed by atoms with Gasteiger partial charge in [0.1, 0.15) is 0 Å². The fourth-order valence-electron chi connectivity index (χ4n) is 2.02. The Balaban J connectivity index is 0.000000399. The standard InChI is InChI=1S/C14H7BrN4O.H2O4S/c15-11-7-10-12(18-14(11)20)5-6-17-13(10)8-1-3-9(19-16)4-2-8;1-5(2,3)4/h1-7H;(H2,1,2,3,4). The van der Waals surface area contributed by atoms with Crippen LogP contribution in [0.1, 0.15) is 0 Å². The summed E-state index contributed by atoms with van der Waals surface area (Å²) < 4.78 is 33.3. The van der Waals surface area contributed by atoms with E-state index in [1.165, 1.54) is 0 Å². The van der Waals surface area contributed by atoms with E-state index in [1.54, 1.807) is 30.5 Å². The molecule has 2 N–H and O–H groups in total. The number of benzene rings is 1. The first-order valence-electron chi connectivity index (χ1n) is 6.50. The molecule has 0 saturated heterocycles. The molecule has 0 aliphatic carbocycles. The highest BCUT2D eigenvalue weighted by atomic mass is 79.9. The maximum absolute atomic E-state index is 11.6. The lowest BCUT2D eigenvalue weighted by Crippen LogP contribution is -2.06. The van der Waals surface area contributed by atoms with Gasteiger partial charge in [0, 0.05) is 29.3 Å². The molecule has 25 heavy (non-hydrogen) atoms. The molecule has 0 radical (unpaired) electrons. The number of pyridine rings is 2. The number of aromatic nitrogens is 2. The van der Waals surface area contributed by atoms with Gasteiger partial charge in [0.2, 0.25) is 15.8 Å². The maximum atomic E-state index is 11.6. The summed E-state index contributed by atoms with van der Waals surface area (Å²) in [6.07, 6.45) is 1.64. The van der Waals surface area contributed by atoms with Gasteiger partial charge < -0.3 is 9.54 Å². The third kappa shape index (κ3) is 5.16. The average molecular weight is 425 g/mol. The molecule has 2 aromatic heterocycles. The van der Waals surface area contributed by atoms with Crippen molar-refractivity contribution in [3.05, 3.63) is 62.4 Å². The van der Waals surface area contributed by atoms with E-state index in [2.05, 4.69) is 30.9 Å². The summed E-state index contributed by atoms with van der Waals surface area (Å²) >= 11 is 3.23. The summed E-state index contributed by atoms with van der Waals surface area (Å²) in [7, 11) is -4.92. The van der Waals surface area contributed by atoms with Crippen molar-refractivity contribution in [1.29, 1.82) is 5.39 Å². The second-order valence-electron chi connectivity index (χ2n) is 4.64. The SMILES string of the molecule is N#[N+]c1ccc(-c2nccc3[nH]c(=O)c(Br)cc23)cc1.O=S(=O)([O-])O. The smallest absolute Gasteiger partial charge is 0.385 e. The van der Waals surface area contributed by atoms with E-state index < -0.39 is 10.4 Å². The number of aromatic amines is 1. The second-order valence-corrected chi connectivity index (χ2v) is 6.35. The van der Waals surface area contributed by atoms with E-state index in [0.717, 1.165) is 22.2 Å². The molecule has 128 valence electrons. The highest BCUT2D eigenvalue weighted by molar-refractivity contribution is 9.10. The fraction of sp³-hybridized carbons (Fsp3) is 0. The Bertz CT molecular complexity index is 1110. The summed E-state index contributed by atoms with van der Waals surface area (Å²) in [5, 5.41) is 9.54. The highest BCUT2D eigenvalue weighted by Crippen LogP contribution is 2.27. The van der Waals surface area contributed by atoms with Crippen molar-refractivity contribution in [2.24, 2.45) is 0 Å². The Morgan fingerprint density at radius 2 is 1.84 bits per heavy atom. The zero-order valence-electron chi connectivity index (χ0n) is 12.2. The Hall–Kier alpha value is -2.65. The number of halogens is 1. The number of fused-ring (bicyclic) bond motifs is 1. The molecule has 2 heterocycles. The summed E-state index contributed by atoms with van der Waals surface area (Å²) in [4.78, 5) is 21.9. The van der Waals surface area contributed by atoms with Crippen molar-refractivity contribution < 1.29 is 17.5 Å². The first-order chi connectivity index (χ1) is 11.7. The first-order valence-corrected chi connectivity index (χ1v) is 8.66. The van der Waals surface area contributed by atoms with Crippen LogP contribution in [0.5, 0.6) is 0 Å². The summed E-state index contributed by atoms with van der Waals surface area (Å²) in [6.45, 7) is 0. The van der Waals surface area contributed by atoms with Crippen molar-refractivity contribution in [3.8, 4) is 11.3 Å². The Morgan fingerprint density at radius 1 is 1.24 bits per heavy atom. The Labute approximate surface area is 149 Å². The van der Waals surface area contributed by atoms with Crippen molar-refractivity contribution in [2.45, 2.75) is 0 Å². The predicted octanol–water partition coefficient (Wildman–Crippen LogP) is 2.84. The topological polar surface area (TPSA) is 151 Å². The van der Waals surface area contributed by atoms with Gasteiger partial charge >= 0.3 is 5.69 Å². The van der Waals surface area contributed by atoms with Gasteiger partial charge in [0.25, 0.3) is 5.56 Å². The van der Waals surface area contributed by atoms with E-state index in [-0.39, 0.29) is 5.56 Å². The van der Waals surface area contributed by atoms with E-state index >= 15 is 0 Å². The molecule has 0 atom stereocenters. The molecule has 0 spiro atoms. The molecule has 11 heteroatoms. The van der Waals surface area contributed by atoms with E-state index in [4.69, 9.17) is 22.9 Å². The van der Waals surface area contributed by atoms with E-state index in [1.807, 2.05) is 12.1 Å². The van der Waals surface area contributed by atoms with Crippen LogP contribution >= 0.6 is 15.9 Å². The number of hydrogen-bond donors (Lipinski definition) is 2. The van der Waals surface area contributed by atoms with E-state index in [9.17, 15) is 4.79 Å². The first kappa shape index (κ1) is 18.7. The number of hydrogen-bond acceptors (Lipinski definition) is 6. The van der Waals surface area contributed by atoms with Crippen LogP contribution in [0.4, 0.5) is 5.69 Å². The lowest BCUT2D eigenvalue weighted by atomic mass is 10.1. The number of nitrogens with one attached hydrogen (secondary N) is 1. The van der Waals surface area contributed by atoms with Crippen LogP contribution < -0.4 is 5.56 Å². The molecule has 0 amide bonds. The largest absolute Gasteiger partial charge is 0.726 e. The minimum Gasteiger partial charge on any atom is -0.726 e. The van der Waals surface area contributed by atoms with Gasteiger partial charge in [-0.15, -0.1) is 0 Å². The number of H-pyrrole nitrogens is 1. The van der Waals surface area contributed by atoms with Crippen molar-refractivity contribution in [2.75, 3.05) is 0 Å². The normalized spacial score (nSPS) is 10.6. The minimum atomic E-state index is -4.92. The third-order valence-corrected chi connectivity index (χ3v) is 3.57. The van der Waals surface area contributed by atoms with Crippen LogP contribution in [-0.4, -0.2) is 27.5 Å². The van der Waals surface area contributed by atoms with Gasteiger partial charge in [-0.05, 0) is 40.2 Å². The Morgan fingerprint density at radius 3 is 2.40 bits per heavy atom. The molecule has 0 unspecified atom stereocenters. The van der Waals surface area contributed by atoms with Crippen LogP contribution in [0.15, 0.2) is 51.9 Å². The minimum absolute atomic E-state index is 0.177. The van der Waals surface area contributed by atoms with Gasteiger partial charge in [-0.3, -0.25) is 14.3 Å². The van der Waals surface area contributed by atoms with Crippen LogP contribution in [-0.2, 0) is 10.4 Å². The Kier molecular flexibility index (Phi) is 5.60. The van der Waals surface area contributed by atoms with Gasteiger partial charge in [0.05, 0.1) is 15.7 Å².